The van der Waals surface area contributed by atoms with E-state index in [1.54, 1.807) is 13.3 Å². The Morgan fingerprint density at radius 1 is 1.26 bits per heavy atom. The molecule has 1 aromatic heterocycles. The number of carbonyl (C=O) groups excluding carboxylic acids is 1. The van der Waals surface area contributed by atoms with Crippen LogP contribution in [0.2, 0.25) is 0 Å². The third-order valence-electron chi connectivity index (χ3n) is 6.81. The molecule has 2 aromatic rings. The summed E-state index contributed by atoms with van der Waals surface area (Å²) in [6, 6.07) is 8.27. The highest BCUT2D eigenvalue weighted by Gasteiger charge is 2.56. The van der Waals surface area contributed by atoms with E-state index in [-0.39, 0.29) is 11.8 Å². The second kappa shape index (κ2) is 8.61. The second-order valence-corrected chi connectivity index (χ2v) is 8.79. The Labute approximate surface area is 182 Å². The van der Waals surface area contributed by atoms with Gasteiger partial charge in [-0.1, -0.05) is 6.07 Å². The molecule has 0 unspecified atom stereocenters. The summed E-state index contributed by atoms with van der Waals surface area (Å²) in [5, 5.41) is 4.32. The van der Waals surface area contributed by atoms with Crippen LogP contribution >= 0.6 is 0 Å². The van der Waals surface area contributed by atoms with Crippen molar-refractivity contribution in [2.45, 2.75) is 13.1 Å². The van der Waals surface area contributed by atoms with Crippen LogP contribution in [0.25, 0.3) is 0 Å². The van der Waals surface area contributed by atoms with E-state index in [2.05, 4.69) is 22.1 Å². The number of ether oxygens (including phenoxy) is 3. The van der Waals surface area contributed by atoms with Gasteiger partial charge >= 0.3 is 0 Å². The second-order valence-electron chi connectivity index (χ2n) is 8.79. The molecule has 31 heavy (non-hydrogen) atoms. The molecule has 0 N–H and O–H groups in total. The van der Waals surface area contributed by atoms with Crippen LogP contribution in [0.5, 0.6) is 5.75 Å². The van der Waals surface area contributed by atoms with Crippen LogP contribution in [0.1, 0.15) is 11.1 Å². The number of rotatable bonds is 6. The van der Waals surface area contributed by atoms with Crippen LogP contribution in [0, 0.1) is 11.3 Å². The van der Waals surface area contributed by atoms with Crippen molar-refractivity contribution in [2.24, 2.45) is 11.3 Å². The van der Waals surface area contributed by atoms with E-state index in [9.17, 15) is 4.79 Å². The maximum Gasteiger partial charge on any atom is 0.233 e. The number of benzene rings is 1. The van der Waals surface area contributed by atoms with Crippen molar-refractivity contribution < 1.29 is 19.0 Å². The molecule has 2 atom stereocenters. The lowest BCUT2D eigenvalue weighted by molar-refractivity contribution is -0.147. The molecule has 1 aromatic carbocycles. The maximum absolute atomic E-state index is 13.5. The van der Waals surface area contributed by atoms with Crippen molar-refractivity contribution in [3.8, 4) is 5.75 Å². The van der Waals surface area contributed by atoms with Gasteiger partial charge in [0, 0.05) is 56.6 Å². The zero-order chi connectivity index (χ0) is 21.3. The highest BCUT2D eigenvalue weighted by molar-refractivity contribution is 5.84. The Hall–Kier alpha value is -2.42. The van der Waals surface area contributed by atoms with Gasteiger partial charge in [-0.05, 0) is 23.8 Å². The van der Waals surface area contributed by atoms with Crippen molar-refractivity contribution in [3.63, 3.8) is 0 Å². The number of amides is 1. The van der Waals surface area contributed by atoms with Crippen molar-refractivity contribution in [1.82, 2.24) is 19.6 Å². The zero-order valence-electron chi connectivity index (χ0n) is 18.0. The summed E-state index contributed by atoms with van der Waals surface area (Å²) < 4.78 is 18.7. The summed E-state index contributed by atoms with van der Waals surface area (Å²) in [4.78, 5) is 17.8. The highest BCUT2D eigenvalue weighted by atomic mass is 16.5. The van der Waals surface area contributed by atoms with E-state index >= 15 is 0 Å². The Balaban J connectivity index is 1.31. The van der Waals surface area contributed by atoms with Gasteiger partial charge in [-0.3, -0.25) is 14.4 Å². The molecular formula is C23H30N4O4. The minimum atomic E-state index is -0.415. The first-order valence-electron chi connectivity index (χ1n) is 11.0. The van der Waals surface area contributed by atoms with Crippen LogP contribution in [-0.2, 0) is 27.4 Å². The number of nitrogens with zero attached hydrogens (tertiary/aromatic N) is 4. The minimum absolute atomic E-state index is 0.245. The molecule has 1 amide bonds. The smallest absolute Gasteiger partial charge is 0.233 e. The van der Waals surface area contributed by atoms with Gasteiger partial charge in [0.2, 0.25) is 5.91 Å². The monoisotopic (exact) mass is 426 g/mol. The normalized spacial score (nSPS) is 26.2. The van der Waals surface area contributed by atoms with E-state index in [1.165, 1.54) is 5.56 Å². The Morgan fingerprint density at radius 2 is 2.13 bits per heavy atom. The molecular weight excluding hydrogens is 396 g/mol. The number of carbonyl (C=O) groups is 1. The van der Waals surface area contributed by atoms with Gasteiger partial charge in [0.1, 0.15) is 5.75 Å². The number of aromatic nitrogens is 2. The molecule has 3 fully saturated rings. The molecule has 8 nitrogen and oxygen atoms in total. The SMILES string of the molecule is COc1ccc(CN2C[C@H]3COC[C@@]3(C(=O)N3CCOCC3)C2)cc1Cn1cccn1. The van der Waals surface area contributed by atoms with Gasteiger partial charge in [-0.15, -0.1) is 0 Å². The van der Waals surface area contributed by atoms with Crippen molar-refractivity contribution in [3.05, 3.63) is 47.8 Å². The van der Waals surface area contributed by atoms with Crippen LogP contribution in [-0.4, -0.2) is 85.2 Å². The fourth-order valence-corrected chi connectivity index (χ4v) is 5.22. The third kappa shape index (κ3) is 3.95. The van der Waals surface area contributed by atoms with Gasteiger partial charge in [-0.2, -0.15) is 5.10 Å². The molecule has 0 saturated carbocycles. The van der Waals surface area contributed by atoms with E-state index in [4.69, 9.17) is 14.2 Å². The molecule has 0 bridgehead atoms. The number of hydrogen-bond acceptors (Lipinski definition) is 6. The van der Waals surface area contributed by atoms with Crippen molar-refractivity contribution in [2.75, 3.05) is 59.7 Å². The first-order chi connectivity index (χ1) is 15.2. The standard InChI is InChI=1S/C23H30N4O4/c1-29-21-4-3-18(11-19(21)13-27-6-2-5-24-27)12-25-14-20-15-31-17-23(20,16-25)22(28)26-7-9-30-10-8-26/h2-6,11,20H,7-10,12-17H2,1H3/t20-,23-/m0/s1. The van der Waals surface area contributed by atoms with E-state index in [0.717, 1.165) is 30.9 Å². The fraction of sp³-hybridized carbons (Fsp3) is 0.565. The largest absolute Gasteiger partial charge is 0.496 e. The molecule has 3 aliphatic rings. The fourth-order valence-electron chi connectivity index (χ4n) is 5.22. The average Bonchev–Trinajstić information content (AvgIpc) is 3.51. The molecule has 3 saturated heterocycles. The van der Waals surface area contributed by atoms with E-state index < -0.39 is 5.41 Å². The molecule has 166 valence electrons. The van der Waals surface area contributed by atoms with Crippen LogP contribution in [0.4, 0.5) is 0 Å². The van der Waals surface area contributed by atoms with E-state index in [0.29, 0.717) is 46.1 Å². The number of morpholine rings is 1. The van der Waals surface area contributed by atoms with Gasteiger partial charge in [0.15, 0.2) is 0 Å². The molecule has 0 spiro atoms. The van der Waals surface area contributed by atoms with Gasteiger partial charge in [0.25, 0.3) is 0 Å². The number of fused-ring (bicyclic) bond motifs is 1. The molecule has 5 rings (SSSR count). The maximum atomic E-state index is 13.5. The molecule has 0 radical (unpaired) electrons. The first-order valence-corrected chi connectivity index (χ1v) is 11.0. The zero-order valence-corrected chi connectivity index (χ0v) is 18.0. The Morgan fingerprint density at radius 3 is 2.90 bits per heavy atom. The summed E-state index contributed by atoms with van der Waals surface area (Å²) >= 11 is 0. The topological polar surface area (TPSA) is 69.1 Å². The van der Waals surface area contributed by atoms with Crippen LogP contribution in [0.15, 0.2) is 36.7 Å². The van der Waals surface area contributed by atoms with Gasteiger partial charge in [0.05, 0.1) is 45.5 Å². The first kappa shape index (κ1) is 20.5. The summed E-state index contributed by atoms with van der Waals surface area (Å²) in [7, 11) is 1.70. The quantitative estimate of drug-likeness (QED) is 0.693. The minimum Gasteiger partial charge on any atom is -0.496 e. The summed E-state index contributed by atoms with van der Waals surface area (Å²) in [5.41, 5.74) is 1.91. The van der Waals surface area contributed by atoms with Crippen LogP contribution < -0.4 is 4.74 Å². The molecule has 0 aliphatic carbocycles. The average molecular weight is 427 g/mol. The van der Waals surface area contributed by atoms with Gasteiger partial charge in [-0.25, -0.2) is 0 Å². The van der Waals surface area contributed by atoms with E-state index in [1.807, 2.05) is 27.9 Å². The molecule has 8 heteroatoms. The van der Waals surface area contributed by atoms with Crippen LogP contribution in [0.3, 0.4) is 0 Å². The van der Waals surface area contributed by atoms with Crippen molar-refractivity contribution >= 4 is 5.91 Å². The van der Waals surface area contributed by atoms with Crippen molar-refractivity contribution in [1.29, 1.82) is 0 Å². The molecule has 3 aliphatic heterocycles. The lowest BCUT2D eigenvalue weighted by Gasteiger charge is -2.35. The predicted molar refractivity (Wildman–Crippen MR) is 114 cm³/mol. The number of methoxy groups -OCH3 is 1. The Bertz CT molecular complexity index is 912. The third-order valence-corrected chi connectivity index (χ3v) is 6.81. The number of hydrogen-bond donors (Lipinski definition) is 0. The number of likely N-dealkylation sites (tertiary alicyclic amines) is 1. The lowest BCUT2D eigenvalue weighted by Crippen LogP contribution is -2.52. The highest BCUT2D eigenvalue weighted by Crippen LogP contribution is 2.43. The Kier molecular flexibility index (Phi) is 5.69. The summed E-state index contributed by atoms with van der Waals surface area (Å²) in [6.07, 6.45) is 3.74. The predicted octanol–water partition coefficient (Wildman–Crippen LogP) is 1.25. The lowest BCUT2D eigenvalue weighted by atomic mass is 9.79. The molecule has 4 heterocycles. The summed E-state index contributed by atoms with van der Waals surface area (Å²) in [6.45, 7) is 6.92. The van der Waals surface area contributed by atoms with Gasteiger partial charge < -0.3 is 19.1 Å². The summed E-state index contributed by atoms with van der Waals surface area (Å²) in [5.74, 6) is 1.37.